The van der Waals surface area contributed by atoms with Gasteiger partial charge in [-0.1, -0.05) is 24.3 Å². The van der Waals surface area contributed by atoms with Crippen molar-refractivity contribution in [2.24, 2.45) is 5.73 Å². The number of methoxy groups -OCH3 is 1. The van der Waals surface area contributed by atoms with Gasteiger partial charge in [-0.25, -0.2) is 0 Å². The number of carbonyl (C=O) groups is 2. The van der Waals surface area contributed by atoms with E-state index in [0.29, 0.717) is 35.9 Å². The summed E-state index contributed by atoms with van der Waals surface area (Å²) in [4.78, 5) is 22.8. The molecule has 0 fully saturated rings. The zero-order chi connectivity index (χ0) is 25.7. The highest BCUT2D eigenvalue weighted by atomic mass is 16.5. The summed E-state index contributed by atoms with van der Waals surface area (Å²) in [7, 11) is 1.61. The fourth-order valence-electron chi connectivity index (χ4n) is 4.09. The first-order valence-corrected chi connectivity index (χ1v) is 11.4. The molecule has 0 aliphatic rings. The third-order valence-electron chi connectivity index (χ3n) is 5.61. The van der Waals surface area contributed by atoms with Crippen LogP contribution in [0.4, 0.5) is 5.69 Å². The number of benzene rings is 3. The molecule has 3 aromatic carbocycles. The second-order valence-corrected chi connectivity index (χ2v) is 8.47. The minimum atomic E-state index is -0.973. The molecule has 0 atom stereocenters. The molecule has 0 aliphatic carbocycles. The maximum Gasteiger partial charge on any atom is 0.307 e. The van der Waals surface area contributed by atoms with Gasteiger partial charge >= 0.3 is 5.97 Å². The Morgan fingerprint density at radius 3 is 2.58 bits per heavy atom. The smallest absolute Gasteiger partial charge is 0.307 e. The molecule has 4 N–H and O–H groups in total. The molecule has 0 saturated heterocycles. The van der Waals surface area contributed by atoms with E-state index in [1.165, 1.54) is 6.92 Å². The van der Waals surface area contributed by atoms with Crippen LogP contribution in [0.15, 0.2) is 65.1 Å². The van der Waals surface area contributed by atoms with E-state index in [4.69, 9.17) is 19.6 Å². The third-order valence-corrected chi connectivity index (χ3v) is 5.61. The van der Waals surface area contributed by atoms with Gasteiger partial charge in [-0.05, 0) is 47.0 Å². The highest BCUT2D eigenvalue weighted by molar-refractivity contribution is 5.94. The number of carbonyl (C=O) groups excluding carboxylic acids is 1. The molecule has 4 aromatic rings. The molecule has 1 aromatic heterocycles. The van der Waals surface area contributed by atoms with Crippen LogP contribution in [0.1, 0.15) is 29.4 Å². The normalized spacial score (nSPS) is 11.0. The number of amides is 1. The van der Waals surface area contributed by atoms with Gasteiger partial charge in [0.2, 0.25) is 5.91 Å². The molecule has 0 aliphatic heterocycles. The van der Waals surface area contributed by atoms with E-state index < -0.39 is 5.97 Å². The van der Waals surface area contributed by atoms with Gasteiger partial charge in [-0.2, -0.15) is 0 Å². The van der Waals surface area contributed by atoms with Crippen LogP contribution in [0, 0.1) is 0 Å². The van der Waals surface area contributed by atoms with Crippen molar-refractivity contribution in [3.8, 4) is 16.9 Å². The first-order valence-electron chi connectivity index (χ1n) is 11.4. The highest BCUT2D eigenvalue weighted by Gasteiger charge is 2.15. The van der Waals surface area contributed by atoms with Crippen LogP contribution in [-0.2, 0) is 40.5 Å². The van der Waals surface area contributed by atoms with Crippen LogP contribution in [0.25, 0.3) is 22.1 Å². The van der Waals surface area contributed by atoms with E-state index in [1.54, 1.807) is 25.3 Å². The van der Waals surface area contributed by atoms with Crippen LogP contribution in [0.3, 0.4) is 0 Å². The number of hydrogen-bond acceptors (Lipinski definition) is 6. The second-order valence-electron chi connectivity index (χ2n) is 8.47. The lowest BCUT2D eigenvalue weighted by Gasteiger charge is -2.14. The van der Waals surface area contributed by atoms with Crippen molar-refractivity contribution < 1.29 is 28.6 Å². The quantitative estimate of drug-likeness (QED) is 0.291. The number of nitrogens with two attached hydrogens (primary N) is 1. The van der Waals surface area contributed by atoms with Crippen molar-refractivity contribution in [2.45, 2.75) is 33.1 Å². The number of nitrogens with one attached hydrogen (secondary N) is 1. The Bertz CT molecular complexity index is 1410. The van der Waals surface area contributed by atoms with Crippen LogP contribution < -0.4 is 15.8 Å². The number of fused-ring (bicyclic) bond motifs is 1. The molecule has 1 amide bonds. The lowest BCUT2D eigenvalue weighted by atomic mass is 9.99. The average molecular weight is 489 g/mol. The number of aliphatic carboxylic acids is 1. The summed E-state index contributed by atoms with van der Waals surface area (Å²) in [5.74, 6) is -0.107. The van der Waals surface area contributed by atoms with Gasteiger partial charge in [0.1, 0.15) is 30.3 Å². The Morgan fingerprint density at radius 2 is 1.86 bits per heavy atom. The number of carboxylic acids is 1. The Balaban J connectivity index is 1.72. The topological polar surface area (TPSA) is 124 Å². The number of anilines is 1. The molecule has 0 spiro atoms. The van der Waals surface area contributed by atoms with Crippen LogP contribution in [0.2, 0.25) is 0 Å². The van der Waals surface area contributed by atoms with Crippen molar-refractivity contribution >= 4 is 28.5 Å². The fraction of sp³-hybridized carbons (Fsp3) is 0.214. The molecule has 1 heterocycles. The van der Waals surface area contributed by atoms with Crippen LogP contribution in [0.5, 0.6) is 5.75 Å². The van der Waals surface area contributed by atoms with Gasteiger partial charge in [0.25, 0.3) is 0 Å². The number of hydrogen-bond donors (Lipinski definition) is 3. The summed E-state index contributed by atoms with van der Waals surface area (Å²) >= 11 is 0. The van der Waals surface area contributed by atoms with Gasteiger partial charge in [0.05, 0.1) is 6.42 Å². The van der Waals surface area contributed by atoms with Crippen molar-refractivity contribution in [3.63, 3.8) is 0 Å². The first kappa shape index (κ1) is 25.0. The standard InChI is InChI=1S/C28H28N2O6/c1-17(31)30-23-7-6-21(12-27(32)33)26(13-23)35-15-19-9-22-11-24(16-34-2)36-28(22)25(10-19)20-5-3-4-18(8-20)14-29/h3-11,13H,12,14-16,29H2,1-2H3,(H,30,31)(H,32,33). The minimum absolute atomic E-state index is 0.181. The van der Waals surface area contributed by atoms with Crippen molar-refractivity contribution in [3.05, 3.63) is 83.1 Å². The van der Waals surface area contributed by atoms with E-state index >= 15 is 0 Å². The lowest BCUT2D eigenvalue weighted by Crippen LogP contribution is -2.08. The summed E-state index contributed by atoms with van der Waals surface area (Å²) in [5.41, 5.74) is 11.4. The van der Waals surface area contributed by atoms with Gasteiger partial charge < -0.3 is 30.0 Å². The third kappa shape index (κ3) is 5.91. The Hall–Kier alpha value is -4.14. The predicted octanol–water partition coefficient (Wildman–Crippen LogP) is 4.87. The van der Waals surface area contributed by atoms with E-state index in [-0.39, 0.29) is 18.9 Å². The van der Waals surface area contributed by atoms with E-state index in [2.05, 4.69) is 5.32 Å². The molecule has 8 nitrogen and oxygen atoms in total. The Morgan fingerprint density at radius 1 is 1.03 bits per heavy atom. The molecule has 0 unspecified atom stereocenters. The van der Waals surface area contributed by atoms with Gasteiger partial charge in [-0.3, -0.25) is 9.59 Å². The molecule has 0 bridgehead atoms. The van der Waals surface area contributed by atoms with Crippen LogP contribution in [-0.4, -0.2) is 24.1 Å². The minimum Gasteiger partial charge on any atom is -0.489 e. The van der Waals surface area contributed by atoms with Crippen molar-refractivity contribution in [2.75, 3.05) is 12.4 Å². The molecule has 186 valence electrons. The number of rotatable bonds is 10. The predicted molar refractivity (Wildman–Crippen MR) is 137 cm³/mol. The maximum absolute atomic E-state index is 11.5. The zero-order valence-corrected chi connectivity index (χ0v) is 20.2. The van der Waals surface area contributed by atoms with Gasteiger partial charge in [0, 0.05) is 48.8 Å². The molecule has 4 rings (SSSR count). The van der Waals surface area contributed by atoms with Crippen molar-refractivity contribution in [1.82, 2.24) is 0 Å². The summed E-state index contributed by atoms with van der Waals surface area (Å²) in [5, 5.41) is 12.9. The summed E-state index contributed by atoms with van der Waals surface area (Å²) in [6.07, 6.45) is -0.200. The molecule has 8 heteroatoms. The SMILES string of the molecule is COCc1cc2cc(COc3cc(NC(C)=O)ccc3CC(=O)O)cc(-c3cccc(CN)c3)c2o1. The second kappa shape index (κ2) is 11.1. The molecule has 36 heavy (non-hydrogen) atoms. The zero-order valence-electron chi connectivity index (χ0n) is 20.2. The summed E-state index contributed by atoms with van der Waals surface area (Å²) in [6.45, 7) is 2.35. The number of carboxylic acid groups (broad SMARTS) is 1. The number of furan rings is 1. The average Bonchev–Trinajstić information content (AvgIpc) is 3.25. The Kier molecular flexibility index (Phi) is 7.68. The summed E-state index contributed by atoms with van der Waals surface area (Å²) in [6, 6.07) is 18.8. The fourth-order valence-corrected chi connectivity index (χ4v) is 4.09. The van der Waals surface area contributed by atoms with Gasteiger partial charge in [0.15, 0.2) is 0 Å². The maximum atomic E-state index is 11.5. The molecular weight excluding hydrogens is 460 g/mol. The van der Waals surface area contributed by atoms with E-state index in [1.807, 2.05) is 42.5 Å². The van der Waals surface area contributed by atoms with Gasteiger partial charge in [-0.15, -0.1) is 0 Å². The lowest BCUT2D eigenvalue weighted by molar-refractivity contribution is -0.136. The first-order chi connectivity index (χ1) is 17.4. The molecule has 0 radical (unpaired) electrons. The molecular formula is C28H28N2O6. The highest BCUT2D eigenvalue weighted by Crippen LogP contribution is 2.34. The van der Waals surface area contributed by atoms with E-state index in [9.17, 15) is 14.7 Å². The van der Waals surface area contributed by atoms with Crippen molar-refractivity contribution in [1.29, 1.82) is 0 Å². The van der Waals surface area contributed by atoms with Crippen LogP contribution >= 0.6 is 0 Å². The number of ether oxygens (including phenoxy) is 2. The van der Waals surface area contributed by atoms with E-state index in [0.717, 1.165) is 33.2 Å². The molecule has 0 saturated carbocycles. The monoisotopic (exact) mass is 488 g/mol. The summed E-state index contributed by atoms with van der Waals surface area (Å²) < 4.78 is 17.4. The largest absolute Gasteiger partial charge is 0.489 e. The Labute approximate surface area is 208 Å².